The van der Waals surface area contributed by atoms with Gasteiger partial charge in [-0.15, -0.1) is 0 Å². The molecular formula is C16H16ClN3O2. The molecule has 1 saturated heterocycles. The number of halogens is 1. The van der Waals surface area contributed by atoms with Crippen LogP contribution in [0.1, 0.15) is 48.4 Å². The third kappa shape index (κ3) is 2.39. The summed E-state index contributed by atoms with van der Waals surface area (Å²) >= 11 is 6.06. The monoisotopic (exact) mass is 317 g/mol. The average molecular weight is 318 g/mol. The Kier molecular flexibility index (Phi) is 3.18. The molecule has 0 spiro atoms. The van der Waals surface area contributed by atoms with Crippen molar-refractivity contribution < 1.29 is 9.32 Å². The predicted octanol–water partition coefficient (Wildman–Crippen LogP) is 3.43. The van der Waals surface area contributed by atoms with E-state index in [1.54, 1.807) is 4.90 Å². The van der Waals surface area contributed by atoms with Gasteiger partial charge in [0, 0.05) is 29.6 Å². The normalized spacial score (nSPS) is 21.6. The van der Waals surface area contributed by atoms with Gasteiger partial charge in [-0.3, -0.25) is 4.79 Å². The van der Waals surface area contributed by atoms with Crippen molar-refractivity contribution in [3.05, 3.63) is 40.5 Å². The molecule has 1 amide bonds. The fourth-order valence-corrected chi connectivity index (χ4v) is 3.07. The van der Waals surface area contributed by atoms with Crippen molar-refractivity contribution in [2.24, 2.45) is 0 Å². The van der Waals surface area contributed by atoms with Crippen LogP contribution >= 0.6 is 11.6 Å². The summed E-state index contributed by atoms with van der Waals surface area (Å²) in [5.41, 5.74) is 1.89. The Morgan fingerprint density at radius 2 is 2.14 bits per heavy atom. The maximum atomic E-state index is 12.4. The van der Waals surface area contributed by atoms with Crippen LogP contribution in [0.15, 0.2) is 22.7 Å². The zero-order valence-electron chi connectivity index (χ0n) is 12.3. The molecule has 2 fully saturated rings. The molecule has 6 heteroatoms. The Hall–Kier alpha value is -1.88. The highest BCUT2D eigenvalue weighted by molar-refractivity contribution is 6.31. The molecule has 1 aromatic carbocycles. The molecule has 1 saturated carbocycles. The van der Waals surface area contributed by atoms with Gasteiger partial charge in [0.05, 0.1) is 5.92 Å². The minimum atomic E-state index is -0.0362. The number of hydrogen-bond donors (Lipinski definition) is 0. The van der Waals surface area contributed by atoms with E-state index in [9.17, 15) is 4.79 Å². The summed E-state index contributed by atoms with van der Waals surface area (Å²) < 4.78 is 5.37. The number of carbonyl (C=O) groups is 1. The van der Waals surface area contributed by atoms with E-state index >= 15 is 0 Å². The minimum Gasteiger partial charge on any atom is -0.339 e. The van der Waals surface area contributed by atoms with E-state index in [-0.39, 0.29) is 11.8 Å². The summed E-state index contributed by atoms with van der Waals surface area (Å²) in [4.78, 5) is 18.6. The van der Waals surface area contributed by atoms with Gasteiger partial charge in [-0.2, -0.15) is 4.98 Å². The molecule has 2 aromatic rings. The highest BCUT2D eigenvalue weighted by Gasteiger charge is 2.37. The van der Waals surface area contributed by atoms with E-state index < -0.39 is 0 Å². The second-order valence-corrected chi connectivity index (χ2v) is 6.54. The van der Waals surface area contributed by atoms with E-state index in [0.29, 0.717) is 29.8 Å². The summed E-state index contributed by atoms with van der Waals surface area (Å²) in [7, 11) is 0. The van der Waals surface area contributed by atoms with Gasteiger partial charge in [-0.1, -0.05) is 22.8 Å². The number of benzene rings is 1. The number of aryl methyl sites for hydroxylation is 1. The molecule has 0 bridgehead atoms. The zero-order chi connectivity index (χ0) is 15.3. The van der Waals surface area contributed by atoms with Crippen LogP contribution in [0.2, 0.25) is 5.02 Å². The first-order valence-corrected chi connectivity index (χ1v) is 7.89. The Morgan fingerprint density at radius 3 is 2.91 bits per heavy atom. The van der Waals surface area contributed by atoms with E-state index in [4.69, 9.17) is 16.1 Å². The number of hydrogen-bond acceptors (Lipinski definition) is 4. The van der Waals surface area contributed by atoms with Crippen molar-refractivity contribution in [2.45, 2.75) is 38.0 Å². The lowest BCUT2D eigenvalue weighted by molar-refractivity contribution is -0.117. The van der Waals surface area contributed by atoms with Crippen molar-refractivity contribution >= 4 is 23.2 Å². The highest BCUT2D eigenvalue weighted by Crippen LogP contribution is 2.39. The standard InChI is InChI=1S/C16H16ClN3O2/c1-9-2-5-12(17)7-13(9)20-8-11(6-14(20)21)16-18-15(19-22-16)10-3-4-10/h2,5,7,10-11H,3-4,6,8H2,1H3. The number of aromatic nitrogens is 2. The number of carbonyl (C=O) groups excluding carboxylic acids is 1. The molecule has 1 aliphatic carbocycles. The fourth-order valence-electron chi connectivity index (χ4n) is 2.90. The van der Waals surface area contributed by atoms with Gasteiger partial charge in [0.25, 0.3) is 0 Å². The van der Waals surface area contributed by atoms with Crippen molar-refractivity contribution in [3.8, 4) is 0 Å². The van der Waals surface area contributed by atoms with E-state index in [1.165, 1.54) is 0 Å². The Bertz CT molecular complexity index is 739. The number of rotatable bonds is 3. The molecule has 1 aromatic heterocycles. The van der Waals surface area contributed by atoms with Crippen molar-refractivity contribution in [1.29, 1.82) is 0 Å². The quantitative estimate of drug-likeness (QED) is 0.870. The lowest BCUT2D eigenvalue weighted by atomic mass is 10.1. The molecular weight excluding hydrogens is 302 g/mol. The number of anilines is 1. The van der Waals surface area contributed by atoms with Crippen LogP contribution in [0.5, 0.6) is 0 Å². The maximum Gasteiger partial charge on any atom is 0.232 e. The Labute approximate surface area is 133 Å². The van der Waals surface area contributed by atoms with Crippen LogP contribution in [0.3, 0.4) is 0 Å². The van der Waals surface area contributed by atoms with Crippen molar-refractivity contribution in [2.75, 3.05) is 11.4 Å². The molecule has 4 rings (SSSR count). The lowest BCUT2D eigenvalue weighted by Crippen LogP contribution is -2.25. The first-order chi connectivity index (χ1) is 10.6. The van der Waals surface area contributed by atoms with Crippen LogP contribution in [-0.2, 0) is 4.79 Å². The molecule has 2 heterocycles. The zero-order valence-corrected chi connectivity index (χ0v) is 13.0. The third-order valence-corrected chi connectivity index (χ3v) is 4.57. The van der Waals surface area contributed by atoms with Crippen LogP contribution in [0.4, 0.5) is 5.69 Å². The molecule has 0 radical (unpaired) electrons. The maximum absolute atomic E-state index is 12.4. The smallest absolute Gasteiger partial charge is 0.232 e. The molecule has 114 valence electrons. The Balaban J connectivity index is 1.58. The molecule has 5 nitrogen and oxygen atoms in total. The van der Waals surface area contributed by atoms with Gasteiger partial charge in [0.15, 0.2) is 5.82 Å². The highest BCUT2D eigenvalue weighted by atomic mass is 35.5. The molecule has 1 atom stereocenters. The first-order valence-electron chi connectivity index (χ1n) is 7.52. The molecule has 1 unspecified atom stereocenters. The summed E-state index contributed by atoms with van der Waals surface area (Å²) in [6.45, 7) is 2.54. The average Bonchev–Trinajstić information content (AvgIpc) is 3.10. The number of amides is 1. The summed E-state index contributed by atoms with van der Waals surface area (Å²) in [5, 5.41) is 4.67. The van der Waals surface area contributed by atoms with Crippen LogP contribution in [0, 0.1) is 6.92 Å². The summed E-state index contributed by atoms with van der Waals surface area (Å²) in [6, 6.07) is 5.59. The second kappa shape index (κ2) is 5.09. The van der Waals surface area contributed by atoms with Gasteiger partial charge in [-0.25, -0.2) is 0 Å². The molecule has 2 aliphatic rings. The largest absolute Gasteiger partial charge is 0.339 e. The second-order valence-electron chi connectivity index (χ2n) is 6.10. The van der Waals surface area contributed by atoms with Crippen LogP contribution in [-0.4, -0.2) is 22.6 Å². The topological polar surface area (TPSA) is 59.2 Å². The van der Waals surface area contributed by atoms with E-state index in [2.05, 4.69) is 10.1 Å². The van der Waals surface area contributed by atoms with Crippen molar-refractivity contribution in [1.82, 2.24) is 10.1 Å². The molecule has 0 N–H and O–H groups in total. The van der Waals surface area contributed by atoms with Gasteiger partial charge < -0.3 is 9.42 Å². The Morgan fingerprint density at radius 1 is 1.32 bits per heavy atom. The third-order valence-electron chi connectivity index (χ3n) is 4.34. The SMILES string of the molecule is Cc1ccc(Cl)cc1N1CC(c2nc(C3CC3)no2)CC1=O. The fraction of sp³-hybridized carbons (Fsp3) is 0.438. The van der Waals surface area contributed by atoms with E-state index in [0.717, 1.165) is 29.9 Å². The summed E-state index contributed by atoms with van der Waals surface area (Å²) in [6.07, 6.45) is 2.67. The first kappa shape index (κ1) is 13.8. The predicted molar refractivity (Wildman–Crippen MR) is 82.2 cm³/mol. The van der Waals surface area contributed by atoms with Gasteiger partial charge in [0.1, 0.15) is 0 Å². The lowest BCUT2D eigenvalue weighted by Gasteiger charge is -2.18. The molecule has 22 heavy (non-hydrogen) atoms. The summed E-state index contributed by atoms with van der Waals surface area (Å²) in [5.74, 6) is 1.87. The molecule has 1 aliphatic heterocycles. The van der Waals surface area contributed by atoms with Gasteiger partial charge in [-0.05, 0) is 37.5 Å². The number of nitrogens with zero attached hydrogens (tertiary/aromatic N) is 3. The van der Waals surface area contributed by atoms with Crippen molar-refractivity contribution in [3.63, 3.8) is 0 Å². The van der Waals surface area contributed by atoms with Crippen LogP contribution < -0.4 is 4.90 Å². The van der Waals surface area contributed by atoms with Gasteiger partial charge in [0.2, 0.25) is 11.8 Å². The van der Waals surface area contributed by atoms with Gasteiger partial charge >= 0.3 is 0 Å². The van der Waals surface area contributed by atoms with Crippen LogP contribution in [0.25, 0.3) is 0 Å². The van der Waals surface area contributed by atoms with E-state index in [1.807, 2.05) is 25.1 Å². The minimum absolute atomic E-state index is 0.0362.